The molecule has 0 atom stereocenters. The molecule has 3 aromatic carbocycles. The van der Waals surface area contributed by atoms with Gasteiger partial charge in [0.05, 0.1) is 12.8 Å². The van der Waals surface area contributed by atoms with Gasteiger partial charge in [0, 0.05) is 33.7 Å². The molecule has 0 aliphatic heterocycles. The van der Waals surface area contributed by atoms with Crippen molar-refractivity contribution in [2.45, 2.75) is 37.9 Å². The number of primary amides is 1. The maximum atomic E-state index is 11.0. The Morgan fingerprint density at radius 2 is 1.42 bits per heavy atom. The molecule has 0 fully saturated rings. The Labute approximate surface area is 236 Å². The van der Waals surface area contributed by atoms with Crippen LogP contribution in [-0.4, -0.2) is 27.0 Å². The van der Waals surface area contributed by atoms with Crippen LogP contribution in [0.4, 0.5) is 0 Å². The largest absolute Gasteiger partial charge is 0.481 e. The molecule has 1 amide bonds. The molecule has 0 aliphatic carbocycles. The highest BCUT2D eigenvalue weighted by Crippen LogP contribution is 2.21. The highest BCUT2D eigenvalue weighted by atomic mass is 79.9. The van der Waals surface area contributed by atoms with Gasteiger partial charge >= 0.3 is 5.97 Å². The van der Waals surface area contributed by atoms with E-state index in [1.54, 1.807) is 0 Å². The molecule has 0 aliphatic rings. The lowest BCUT2D eigenvalue weighted by Crippen LogP contribution is -2.13. The fourth-order valence-corrected chi connectivity index (χ4v) is 4.25. The highest BCUT2D eigenvalue weighted by molar-refractivity contribution is 9.08. The molecule has 38 heavy (non-hydrogen) atoms. The number of hydrogen-bond acceptors (Lipinski definition) is 4. The predicted octanol–water partition coefficient (Wildman–Crippen LogP) is 6.19. The molecular weight excluding hydrogens is 566 g/mol. The number of rotatable bonds is 9. The first-order chi connectivity index (χ1) is 18.2. The van der Waals surface area contributed by atoms with Crippen molar-refractivity contribution in [2.75, 3.05) is 0 Å². The van der Waals surface area contributed by atoms with E-state index in [0.717, 1.165) is 51.0 Å². The van der Waals surface area contributed by atoms with Crippen molar-refractivity contribution in [3.63, 3.8) is 0 Å². The predicted molar refractivity (Wildman–Crippen MR) is 154 cm³/mol. The number of aliphatic carboxylic acids is 1. The topological polar surface area (TPSA) is 106 Å². The van der Waals surface area contributed by atoms with Crippen LogP contribution in [0, 0.1) is 0 Å². The van der Waals surface area contributed by atoms with Gasteiger partial charge in [-0.3, -0.25) is 9.59 Å². The summed E-state index contributed by atoms with van der Waals surface area (Å²) in [5.74, 6) is -0.430. The van der Waals surface area contributed by atoms with Crippen molar-refractivity contribution < 1.29 is 14.7 Å². The first-order valence-corrected chi connectivity index (χ1v) is 13.6. The van der Waals surface area contributed by atoms with Crippen molar-refractivity contribution in [1.29, 1.82) is 0 Å². The molecule has 0 saturated carbocycles. The number of alkyl halides is 1. The van der Waals surface area contributed by atoms with E-state index >= 15 is 0 Å². The number of carboxylic acids is 1. The Morgan fingerprint density at radius 1 is 0.842 bits per heavy atom. The normalized spacial score (nSPS) is 10.4. The third-order valence-electron chi connectivity index (χ3n) is 5.60. The van der Waals surface area contributed by atoms with Crippen LogP contribution in [0.5, 0.6) is 0 Å². The van der Waals surface area contributed by atoms with Gasteiger partial charge in [-0.1, -0.05) is 95.1 Å². The standard InChI is InChI=1S/C21H20ClN3O.C9H9BrO2/c1-2-18-13-19(10-14-6-8-15(9-7-14)11-20(23)26)25-21(24-18)16-4-3-5-17(22)12-16;10-6-8-3-1-7(2-4-8)5-9(11)12/h3-9,12-13H,2,10-11H2,1H3,(H2,23,26);1-4H,5-6H2,(H,11,12). The second-order valence-electron chi connectivity index (χ2n) is 8.70. The van der Waals surface area contributed by atoms with Crippen LogP contribution in [0.15, 0.2) is 78.9 Å². The van der Waals surface area contributed by atoms with E-state index in [1.807, 2.05) is 78.9 Å². The van der Waals surface area contributed by atoms with Crippen molar-refractivity contribution in [3.05, 3.63) is 118 Å². The lowest BCUT2D eigenvalue weighted by atomic mass is 10.0. The zero-order valence-corrected chi connectivity index (χ0v) is 23.4. The number of benzene rings is 3. The Hall–Kier alpha value is -3.55. The van der Waals surface area contributed by atoms with Gasteiger partial charge in [0.15, 0.2) is 5.82 Å². The maximum absolute atomic E-state index is 11.0. The number of carbonyl (C=O) groups excluding carboxylic acids is 1. The Bertz CT molecular complexity index is 1380. The van der Waals surface area contributed by atoms with Crippen molar-refractivity contribution >= 4 is 39.4 Å². The molecular formula is C30H29BrClN3O3. The van der Waals surface area contributed by atoms with E-state index in [-0.39, 0.29) is 18.7 Å². The summed E-state index contributed by atoms with van der Waals surface area (Å²) >= 11 is 9.42. The lowest BCUT2D eigenvalue weighted by Gasteiger charge is -2.08. The fraction of sp³-hybridized carbons (Fsp3) is 0.200. The summed E-state index contributed by atoms with van der Waals surface area (Å²) in [5.41, 5.74) is 12.1. The molecule has 0 radical (unpaired) electrons. The van der Waals surface area contributed by atoms with Crippen LogP contribution in [0.25, 0.3) is 11.4 Å². The van der Waals surface area contributed by atoms with Crippen LogP contribution in [0.1, 0.15) is 40.6 Å². The van der Waals surface area contributed by atoms with Crippen molar-refractivity contribution in [3.8, 4) is 11.4 Å². The zero-order valence-electron chi connectivity index (χ0n) is 21.0. The Morgan fingerprint density at radius 3 is 1.97 bits per heavy atom. The highest BCUT2D eigenvalue weighted by Gasteiger charge is 2.08. The minimum absolute atomic E-state index is 0.0998. The molecule has 4 rings (SSSR count). The quantitative estimate of drug-likeness (QED) is 0.225. The summed E-state index contributed by atoms with van der Waals surface area (Å²) in [6.45, 7) is 2.08. The summed E-state index contributed by atoms with van der Waals surface area (Å²) < 4.78 is 0. The number of nitrogens with zero attached hydrogens (tertiary/aromatic N) is 2. The van der Waals surface area contributed by atoms with Gasteiger partial charge < -0.3 is 10.8 Å². The monoisotopic (exact) mass is 593 g/mol. The Balaban J connectivity index is 0.000000279. The number of aromatic nitrogens is 2. The third-order valence-corrected chi connectivity index (χ3v) is 6.48. The van der Waals surface area contributed by atoms with Gasteiger partial charge in [-0.25, -0.2) is 9.97 Å². The smallest absolute Gasteiger partial charge is 0.307 e. The van der Waals surface area contributed by atoms with Crippen LogP contribution in [-0.2, 0) is 40.6 Å². The molecule has 6 nitrogen and oxygen atoms in total. The van der Waals surface area contributed by atoms with Gasteiger partial charge in [0.25, 0.3) is 0 Å². The van der Waals surface area contributed by atoms with E-state index in [9.17, 15) is 9.59 Å². The summed E-state index contributed by atoms with van der Waals surface area (Å²) in [6, 6.07) is 25.0. The lowest BCUT2D eigenvalue weighted by molar-refractivity contribution is -0.136. The second kappa shape index (κ2) is 14.4. The Kier molecular flexibility index (Phi) is 11.0. The molecule has 0 bridgehead atoms. The van der Waals surface area contributed by atoms with Crippen LogP contribution in [0.3, 0.4) is 0 Å². The second-order valence-corrected chi connectivity index (χ2v) is 9.69. The first kappa shape index (κ1) is 29.0. The average molecular weight is 595 g/mol. The molecule has 1 aromatic heterocycles. The van der Waals surface area contributed by atoms with Gasteiger partial charge in [-0.15, -0.1) is 0 Å². The summed E-state index contributed by atoms with van der Waals surface area (Å²) in [5, 5.41) is 9.96. The van der Waals surface area contributed by atoms with Crippen molar-refractivity contribution in [1.82, 2.24) is 9.97 Å². The number of carboxylic acid groups (broad SMARTS) is 1. The number of nitrogens with two attached hydrogens (primary N) is 1. The van der Waals surface area contributed by atoms with E-state index in [1.165, 1.54) is 0 Å². The van der Waals surface area contributed by atoms with E-state index in [2.05, 4.69) is 27.8 Å². The molecule has 0 saturated heterocycles. The van der Waals surface area contributed by atoms with Gasteiger partial charge in [-0.05, 0) is 46.9 Å². The minimum Gasteiger partial charge on any atom is -0.481 e. The number of hydrogen-bond donors (Lipinski definition) is 2. The van der Waals surface area contributed by atoms with Crippen LogP contribution >= 0.6 is 27.5 Å². The van der Waals surface area contributed by atoms with Crippen molar-refractivity contribution in [2.24, 2.45) is 5.73 Å². The van der Waals surface area contributed by atoms with Crippen LogP contribution < -0.4 is 5.73 Å². The van der Waals surface area contributed by atoms with Gasteiger partial charge in [-0.2, -0.15) is 0 Å². The molecule has 3 N–H and O–H groups in total. The molecule has 0 unspecified atom stereocenters. The summed E-state index contributed by atoms with van der Waals surface area (Å²) in [7, 11) is 0. The van der Waals surface area contributed by atoms with Crippen LogP contribution in [0.2, 0.25) is 5.02 Å². The SMILES string of the molecule is CCc1cc(Cc2ccc(CC(N)=O)cc2)nc(-c2cccc(Cl)c2)n1.O=C(O)Cc1ccc(CBr)cc1. The van der Waals surface area contributed by atoms with E-state index < -0.39 is 5.97 Å². The summed E-state index contributed by atoms with van der Waals surface area (Å²) in [6.07, 6.45) is 1.88. The molecule has 1 heterocycles. The molecule has 4 aromatic rings. The van der Waals surface area contributed by atoms with Gasteiger partial charge in [0.2, 0.25) is 5.91 Å². The third kappa shape index (κ3) is 9.39. The van der Waals surface area contributed by atoms with E-state index in [4.69, 9.17) is 27.4 Å². The molecule has 0 spiro atoms. The molecule has 196 valence electrons. The maximum Gasteiger partial charge on any atom is 0.307 e. The summed E-state index contributed by atoms with van der Waals surface area (Å²) in [4.78, 5) is 30.7. The minimum atomic E-state index is -0.790. The number of halogens is 2. The molecule has 8 heteroatoms. The number of aryl methyl sites for hydroxylation is 1. The first-order valence-electron chi connectivity index (χ1n) is 12.1. The average Bonchev–Trinajstić information content (AvgIpc) is 2.90. The van der Waals surface area contributed by atoms with E-state index in [0.29, 0.717) is 17.3 Å². The van der Waals surface area contributed by atoms with Gasteiger partial charge in [0.1, 0.15) is 0 Å². The number of amides is 1. The zero-order chi connectivity index (χ0) is 27.5. The number of carbonyl (C=O) groups is 2. The fourth-order valence-electron chi connectivity index (χ4n) is 3.69.